The molecular weight excluding hydrogens is 396 g/mol. The van der Waals surface area contributed by atoms with Gasteiger partial charge in [0.25, 0.3) is 0 Å². The number of morpholine rings is 2. The van der Waals surface area contributed by atoms with E-state index in [1.807, 2.05) is 12.1 Å². The van der Waals surface area contributed by atoms with Crippen molar-refractivity contribution >= 4 is 38.5 Å². The maximum absolute atomic E-state index is 9.51. The van der Waals surface area contributed by atoms with Crippen molar-refractivity contribution in [2.24, 2.45) is 0 Å². The van der Waals surface area contributed by atoms with Crippen molar-refractivity contribution in [2.45, 2.75) is 0 Å². The fourth-order valence-corrected chi connectivity index (χ4v) is 5.20. The van der Waals surface area contributed by atoms with Crippen LogP contribution in [0.3, 0.4) is 0 Å². The molecule has 8 nitrogen and oxygen atoms in total. The lowest BCUT2D eigenvalue weighted by atomic mass is 10.1. The first kappa shape index (κ1) is 18.8. The summed E-state index contributed by atoms with van der Waals surface area (Å²) in [6.07, 6.45) is 3.49. The molecule has 2 fully saturated rings. The van der Waals surface area contributed by atoms with Gasteiger partial charge in [0.15, 0.2) is 10.3 Å². The molecule has 0 N–H and O–H groups in total. The Labute approximate surface area is 170 Å². The molecule has 144 valence electrons. The first-order valence-electron chi connectivity index (χ1n) is 8.92. The van der Waals surface area contributed by atoms with E-state index in [0.29, 0.717) is 32.0 Å². The number of ether oxygens (including phenoxy) is 2. The number of nitrogens with zero attached hydrogens (tertiary/aromatic N) is 6. The summed E-state index contributed by atoms with van der Waals surface area (Å²) in [4.78, 5) is 15.0. The van der Waals surface area contributed by atoms with Gasteiger partial charge in [-0.05, 0) is 0 Å². The van der Waals surface area contributed by atoms with Crippen LogP contribution < -0.4 is 9.80 Å². The van der Waals surface area contributed by atoms with E-state index < -0.39 is 0 Å². The Kier molecular flexibility index (Phi) is 5.84. The standard InChI is InChI=1S/C18H18N6O2S2/c19-9-13(10-20)16(14-11-21-17(27-14)23-1-5-25-6-2-23)15-12-22-18(28-15)24-3-7-26-8-4-24/h11-12H,1-8H2. The molecule has 0 unspecified atom stereocenters. The van der Waals surface area contributed by atoms with Crippen LogP contribution in [0, 0.1) is 22.7 Å². The number of aromatic nitrogens is 2. The maximum atomic E-state index is 9.51. The van der Waals surface area contributed by atoms with E-state index in [2.05, 4.69) is 19.8 Å². The van der Waals surface area contributed by atoms with Gasteiger partial charge < -0.3 is 19.3 Å². The first-order valence-corrected chi connectivity index (χ1v) is 10.6. The molecule has 2 aromatic heterocycles. The lowest BCUT2D eigenvalue weighted by molar-refractivity contribution is 0.122. The molecule has 0 saturated carbocycles. The van der Waals surface area contributed by atoms with E-state index in [4.69, 9.17) is 9.47 Å². The van der Waals surface area contributed by atoms with E-state index in [9.17, 15) is 10.5 Å². The van der Waals surface area contributed by atoms with Gasteiger partial charge in [0, 0.05) is 44.1 Å². The van der Waals surface area contributed by atoms with Gasteiger partial charge in [0.1, 0.15) is 17.7 Å². The van der Waals surface area contributed by atoms with E-state index >= 15 is 0 Å². The molecule has 4 heterocycles. The summed E-state index contributed by atoms with van der Waals surface area (Å²) in [5, 5.41) is 20.8. The number of hydrogen-bond donors (Lipinski definition) is 0. The summed E-state index contributed by atoms with van der Waals surface area (Å²) in [5.74, 6) is 0. The van der Waals surface area contributed by atoms with Gasteiger partial charge in [-0.15, -0.1) is 0 Å². The van der Waals surface area contributed by atoms with Crippen LogP contribution in [0.5, 0.6) is 0 Å². The monoisotopic (exact) mass is 414 g/mol. The number of anilines is 2. The van der Waals surface area contributed by atoms with Crippen LogP contribution in [0.25, 0.3) is 5.57 Å². The molecule has 28 heavy (non-hydrogen) atoms. The Morgan fingerprint density at radius 2 is 1.25 bits per heavy atom. The van der Waals surface area contributed by atoms with E-state index in [1.165, 1.54) is 22.7 Å². The fourth-order valence-electron chi connectivity index (χ4n) is 3.07. The lowest BCUT2D eigenvalue weighted by Crippen LogP contribution is -2.36. The molecular formula is C18H18N6O2S2. The molecule has 2 aliphatic rings. The van der Waals surface area contributed by atoms with Gasteiger partial charge >= 0.3 is 0 Å². The highest BCUT2D eigenvalue weighted by atomic mass is 32.1. The van der Waals surface area contributed by atoms with Crippen LogP contribution in [0.2, 0.25) is 0 Å². The summed E-state index contributed by atoms with van der Waals surface area (Å²) in [7, 11) is 0. The van der Waals surface area contributed by atoms with Gasteiger partial charge in [-0.25, -0.2) is 9.97 Å². The number of nitriles is 2. The van der Waals surface area contributed by atoms with Crippen LogP contribution in [0.4, 0.5) is 10.3 Å². The second-order valence-electron chi connectivity index (χ2n) is 6.19. The van der Waals surface area contributed by atoms with Crippen LogP contribution >= 0.6 is 22.7 Å². The Morgan fingerprint density at radius 3 is 1.64 bits per heavy atom. The van der Waals surface area contributed by atoms with Crippen molar-refractivity contribution in [3.05, 3.63) is 27.7 Å². The van der Waals surface area contributed by atoms with Crippen LogP contribution in [0.1, 0.15) is 9.75 Å². The third kappa shape index (κ3) is 3.86. The largest absolute Gasteiger partial charge is 0.378 e. The number of thiazole rings is 2. The molecule has 10 heteroatoms. The van der Waals surface area contributed by atoms with Crippen molar-refractivity contribution in [2.75, 3.05) is 62.4 Å². The molecule has 2 saturated heterocycles. The Balaban J connectivity index is 1.67. The minimum atomic E-state index is 0.0781. The molecule has 0 bridgehead atoms. The smallest absolute Gasteiger partial charge is 0.186 e. The summed E-state index contributed by atoms with van der Waals surface area (Å²) >= 11 is 2.98. The van der Waals surface area contributed by atoms with E-state index in [1.54, 1.807) is 12.4 Å². The minimum absolute atomic E-state index is 0.0781. The van der Waals surface area contributed by atoms with Crippen molar-refractivity contribution in [3.63, 3.8) is 0 Å². The highest BCUT2D eigenvalue weighted by Crippen LogP contribution is 2.38. The molecule has 4 rings (SSSR count). The minimum Gasteiger partial charge on any atom is -0.378 e. The van der Waals surface area contributed by atoms with Gasteiger partial charge in [0.05, 0.1) is 36.2 Å². The SMILES string of the molecule is N#CC(C#N)=C(c1cnc(N2CCOCC2)s1)c1cnc(N2CCOCC2)s1. The predicted molar refractivity (Wildman–Crippen MR) is 108 cm³/mol. The number of hydrogen-bond acceptors (Lipinski definition) is 10. The van der Waals surface area contributed by atoms with Gasteiger partial charge in [-0.3, -0.25) is 0 Å². The Morgan fingerprint density at radius 1 is 0.821 bits per heavy atom. The molecule has 0 amide bonds. The molecule has 0 aromatic carbocycles. The highest BCUT2D eigenvalue weighted by Gasteiger charge is 2.22. The van der Waals surface area contributed by atoms with Crippen LogP contribution in [0.15, 0.2) is 18.0 Å². The van der Waals surface area contributed by atoms with Gasteiger partial charge in [-0.1, -0.05) is 22.7 Å². The zero-order valence-corrected chi connectivity index (χ0v) is 16.8. The van der Waals surface area contributed by atoms with Crippen LogP contribution in [-0.4, -0.2) is 62.6 Å². The topological polar surface area (TPSA) is 98.3 Å². The lowest BCUT2D eigenvalue weighted by Gasteiger charge is -2.26. The second kappa shape index (κ2) is 8.67. The fraction of sp³-hybridized carbons (Fsp3) is 0.444. The van der Waals surface area contributed by atoms with Crippen LogP contribution in [-0.2, 0) is 9.47 Å². The molecule has 2 aromatic rings. The van der Waals surface area contributed by atoms with Crippen molar-refractivity contribution in [3.8, 4) is 12.1 Å². The Hall–Kier alpha value is -2.50. The summed E-state index contributed by atoms with van der Waals surface area (Å²) in [6.45, 7) is 5.87. The van der Waals surface area contributed by atoms with E-state index in [-0.39, 0.29) is 5.57 Å². The molecule has 0 atom stereocenters. The normalized spacial score (nSPS) is 17.1. The molecule has 2 aliphatic heterocycles. The summed E-state index contributed by atoms with van der Waals surface area (Å²) in [5.41, 5.74) is 0.688. The van der Waals surface area contributed by atoms with Crippen molar-refractivity contribution < 1.29 is 9.47 Å². The summed E-state index contributed by atoms with van der Waals surface area (Å²) in [6, 6.07) is 4.07. The quantitative estimate of drug-likeness (QED) is 0.702. The molecule has 0 spiro atoms. The van der Waals surface area contributed by atoms with Crippen molar-refractivity contribution in [1.29, 1.82) is 10.5 Å². The van der Waals surface area contributed by atoms with Crippen molar-refractivity contribution in [1.82, 2.24) is 9.97 Å². The number of rotatable bonds is 4. The Bertz CT molecular complexity index is 868. The highest BCUT2D eigenvalue weighted by molar-refractivity contribution is 7.19. The average Bonchev–Trinajstić information content (AvgIpc) is 3.43. The summed E-state index contributed by atoms with van der Waals surface area (Å²) < 4.78 is 10.8. The number of allylic oxidation sites excluding steroid dienone is 1. The van der Waals surface area contributed by atoms with Gasteiger partial charge in [-0.2, -0.15) is 10.5 Å². The third-order valence-corrected chi connectivity index (χ3v) is 6.67. The zero-order chi connectivity index (χ0) is 19.3. The first-order chi connectivity index (χ1) is 13.8. The molecule has 0 radical (unpaired) electrons. The second-order valence-corrected chi connectivity index (χ2v) is 8.20. The van der Waals surface area contributed by atoms with E-state index in [0.717, 1.165) is 46.2 Å². The zero-order valence-electron chi connectivity index (χ0n) is 15.1. The van der Waals surface area contributed by atoms with Gasteiger partial charge in [0.2, 0.25) is 0 Å². The third-order valence-electron chi connectivity index (χ3n) is 4.52. The average molecular weight is 415 g/mol. The predicted octanol–water partition coefficient (Wildman–Crippen LogP) is 2.12. The maximum Gasteiger partial charge on any atom is 0.186 e. The molecule has 0 aliphatic carbocycles.